The zero-order valence-electron chi connectivity index (χ0n) is 14.2. The summed E-state index contributed by atoms with van der Waals surface area (Å²) in [5.74, 6) is 0.824. The van der Waals surface area contributed by atoms with Crippen molar-refractivity contribution in [1.82, 2.24) is 9.78 Å². The molecule has 0 aromatic carbocycles. The number of hydrogen-bond acceptors (Lipinski definition) is 3. The summed E-state index contributed by atoms with van der Waals surface area (Å²) in [7, 11) is 0. The van der Waals surface area contributed by atoms with Crippen LogP contribution in [0.1, 0.15) is 58.0 Å². The van der Waals surface area contributed by atoms with E-state index in [0.29, 0.717) is 18.9 Å². The Kier molecular flexibility index (Phi) is 6.40. The summed E-state index contributed by atoms with van der Waals surface area (Å²) in [6, 6.07) is 0.284. The highest BCUT2D eigenvalue weighted by molar-refractivity contribution is 5.92. The average molecular weight is 294 g/mol. The van der Waals surface area contributed by atoms with E-state index < -0.39 is 0 Å². The van der Waals surface area contributed by atoms with E-state index in [1.807, 2.05) is 18.5 Å². The van der Waals surface area contributed by atoms with E-state index in [1.165, 1.54) is 0 Å². The number of aryl methyl sites for hydroxylation is 1. The van der Waals surface area contributed by atoms with E-state index in [4.69, 9.17) is 5.73 Å². The molecule has 0 spiro atoms. The van der Waals surface area contributed by atoms with Crippen molar-refractivity contribution in [3.05, 3.63) is 11.4 Å². The molecular weight excluding hydrogens is 264 g/mol. The Hall–Kier alpha value is -1.36. The fraction of sp³-hybridized carbons (Fsp3) is 0.750. The second-order valence-electron chi connectivity index (χ2n) is 6.57. The van der Waals surface area contributed by atoms with Gasteiger partial charge < -0.3 is 11.1 Å². The summed E-state index contributed by atoms with van der Waals surface area (Å²) in [5, 5.41) is 7.50. The van der Waals surface area contributed by atoms with Crippen molar-refractivity contribution in [2.75, 3.05) is 11.9 Å². The molecule has 0 radical (unpaired) electrons. The molecule has 1 aromatic heterocycles. The van der Waals surface area contributed by atoms with Gasteiger partial charge in [-0.3, -0.25) is 9.48 Å². The third-order valence-electron chi connectivity index (χ3n) is 3.69. The smallest absolute Gasteiger partial charge is 0.224 e. The molecule has 0 aliphatic heterocycles. The lowest BCUT2D eigenvalue weighted by molar-refractivity contribution is -0.117. The summed E-state index contributed by atoms with van der Waals surface area (Å²) < 4.78 is 1.94. The monoisotopic (exact) mass is 294 g/mol. The largest absolute Gasteiger partial charge is 0.330 e. The summed E-state index contributed by atoms with van der Waals surface area (Å²) in [5.41, 5.74) is 8.48. The minimum absolute atomic E-state index is 0.0283. The number of anilines is 1. The number of amides is 1. The molecule has 3 N–H and O–H groups in total. The molecule has 0 bridgehead atoms. The van der Waals surface area contributed by atoms with Crippen molar-refractivity contribution < 1.29 is 4.79 Å². The number of nitrogens with one attached hydrogen (secondary N) is 1. The Balaban J connectivity index is 2.75. The molecule has 0 aliphatic rings. The third-order valence-corrected chi connectivity index (χ3v) is 3.69. The normalized spacial score (nSPS) is 13.0. The lowest BCUT2D eigenvalue weighted by Crippen LogP contribution is -2.23. The van der Waals surface area contributed by atoms with E-state index >= 15 is 0 Å². The first-order chi connectivity index (χ1) is 9.76. The van der Waals surface area contributed by atoms with Gasteiger partial charge in [0.25, 0.3) is 0 Å². The van der Waals surface area contributed by atoms with Crippen molar-refractivity contribution in [3.63, 3.8) is 0 Å². The molecular formula is C16H30N4O. The van der Waals surface area contributed by atoms with Crippen molar-refractivity contribution >= 4 is 11.6 Å². The third kappa shape index (κ3) is 4.84. The number of carbonyl (C=O) groups excluding carboxylic acids is 1. The molecule has 0 saturated heterocycles. The van der Waals surface area contributed by atoms with Gasteiger partial charge >= 0.3 is 0 Å². The highest BCUT2D eigenvalue weighted by atomic mass is 16.1. The molecule has 1 aromatic rings. The number of rotatable bonds is 7. The van der Waals surface area contributed by atoms with Gasteiger partial charge in [-0.2, -0.15) is 5.10 Å². The Morgan fingerprint density at radius 3 is 2.33 bits per heavy atom. The second-order valence-corrected chi connectivity index (χ2v) is 6.57. The quantitative estimate of drug-likeness (QED) is 0.812. The fourth-order valence-corrected chi connectivity index (χ4v) is 2.73. The van der Waals surface area contributed by atoms with Gasteiger partial charge in [-0.15, -0.1) is 0 Å². The number of carbonyl (C=O) groups is 1. The van der Waals surface area contributed by atoms with Crippen LogP contribution in [0.5, 0.6) is 0 Å². The Morgan fingerprint density at radius 1 is 1.29 bits per heavy atom. The van der Waals surface area contributed by atoms with Crippen LogP contribution >= 0.6 is 0 Å². The minimum Gasteiger partial charge on any atom is -0.330 e. The zero-order chi connectivity index (χ0) is 16.2. The van der Waals surface area contributed by atoms with Crippen LogP contribution in [0.2, 0.25) is 0 Å². The Bertz CT molecular complexity index is 477. The van der Waals surface area contributed by atoms with Gasteiger partial charge in [0.05, 0.1) is 17.1 Å². The highest BCUT2D eigenvalue weighted by Crippen LogP contribution is 2.23. The number of hydrogen-bond donors (Lipinski definition) is 2. The van der Waals surface area contributed by atoms with Gasteiger partial charge in [0.1, 0.15) is 0 Å². The summed E-state index contributed by atoms with van der Waals surface area (Å²) >= 11 is 0. The molecule has 1 amide bonds. The molecule has 5 heteroatoms. The van der Waals surface area contributed by atoms with Crippen LogP contribution in [0.15, 0.2) is 0 Å². The average Bonchev–Trinajstić information content (AvgIpc) is 2.65. The van der Waals surface area contributed by atoms with Gasteiger partial charge in [-0.25, -0.2) is 0 Å². The maximum absolute atomic E-state index is 12.2. The standard InChI is InChI=1S/C16H30N4O/c1-10(2)7-14(9-17)8-15(21)18-16-12(5)19-20(11(3)4)13(16)6/h10-11,14H,7-9,17H2,1-6H3,(H,18,21). The van der Waals surface area contributed by atoms with Crippen molar-refractivity contribution in [2.24, 2.45) is 17.6 Å². The summed E-state index contributed by atoms with van der Waals surface area (Å²) in [4.78, 5) is 12.2. The first-order valence-corrected chi connectivity index (χ1v) is 7.81. The highest BCUT2D eigenvalue weighted by Gasteiger charge is 2.18. The molecule has 21 heavy (non-hydrogen) atoms. The van der Waals surface area contributed by atoms with Gasteiger partial charge in [-0.1, -0.05) is 13.8 Å². The first-order valence-electron chi connectivity index (χ1n) is 7.81. The van der Waals surface area contributed by atoms with Crippen LogP contribution in [-0.4, -0.2) is 22.2 Å². The molecule has 120 valence electrons. The van der Waals surface area contributed by atoms with Crippen molar-refractivity contribution in [2.45, 2.75) is 60.4 Å². The second kappa shape index (κ2) is 7.59. The molecule has 5 nitrogen and oxygen atoms in total. The number of nitrogens with two attached hydrogens (primary N) is 1. The van der Waals surface area contributed by atoms with Gasteiger partial charge in [0, 0.05) is 12.5 Å². The van der Waals surface area contributed by atoms with E-state index in [2.05, 4.69) is 38.1 Å². The van der Waals surface area contributed by atoms with Gasteiger partial charge in [0.15, 0.2) is 0 Å². The lowest BCUT2D eigenvalue weighted by Gasteiger charge is -2.16. The number of aromatic nitrogens is 2. The molecule has 1 unspecified atom stereocenters. The fourth-order valence-electron chi connectivity index (χ4n) is 2.73. The van der Waals surface area contributed by atoms with E-state index in [-0.39, 0.29) is 17.9 Å². The van der Waals surface area contributed by atoms with E-state index in [1.54, 1.807) is 0 Å². The van der Waals surface area contributed by atoms with Crippen LogP contribution in [0, 0.1) is 25.7 Å². The first kappa shape index (κ1) is 17.7. The molecule has 1 rings (SSSR count). The van der Waals surface area contributed by atoms with Crippen LogP contribution in [-0.2, 0) is 4.79 Å². The number of nitrogens with zero attached hydrogens (tertiary/aromatic N) is 2. The Morgan fingerprint density at radius 2 is 1.90 bits per heavy atom. The van der Waals surface area contributed by atoms with Crippen LogP contribution in [0.4, 0.5) is 5.69 Å². The maximum atomic E-state index is 12.2. The zero-order valence-corrected chi connectivity index (χ0v) is 14.2. The predicted octanol–water partition coefficient (Wildman–Crippen LogP) is 3.03. The molecule has 0 aliphatic carbocycles. The van der Waals surface area contributed by atoms with Crippen molar-refractivity contribution in [3.8, 4) is 0 Å². The minimum atomic E-state index is 0.0283. The molecule has 0 saturated carbocycles. The summed E-state index contributed by atoms with van der Waals surface area (Å²) in [6.45, 7) is 12.9. The lowest BCUT2D eigenvalue weighted by atomic mass is 9.94. The topological polar surface area (TPSA) is 72.9 Å². The molecule has 0 fully saturated rings. The summed E-state index contributed by atoms with van der Waals surface area (Å²) in [6.07, 6.45) is 1.45. The molecule has 1 atom stereocenters. The predicted molar refractivity (Wildman–Crippen MR) is 87.3 cm³/mol. The van der Waals surface area contributed by atoms with Gasteiger partial charge in [-0.05, 0) is 52.5 Å². The maximum Gasteiger partial charge on any atom is 0.224 e. The van der Waals surface area contributed by atoms with Crippen LogP contribution in [0.25, 0.3) is 0 Å². The van der Waals surface area contributed by atoms with Crippen LogP contribution < -0.4 is 11.1 Å². The SMILES string of the molecule is Cc1nn(C(C)C)c(C)c1NC(=O)CC(CN)CC(C)C. The van der Waals surface area contributed by atoms with E-state index in [0.717, 1.165) is 23.5 Å². The van der Waals surface area contributed by atoms with Crippen LogP contribution in [0.3, 0.4) is 0 Å². The van der Waals surface area contributed by atoms with E-state index in [9.17, 15) is 4.79 Å². The Labute approximate surface area is 128 Å². The van der Waals surface area contributed by atoms with Gasteiger partial charge in [0.2, 0.25) is 5.91 Å². The van der Waals surface area contributed by atoms with Crippen molar-refractivity contribution in [1.29, 1.82) is 0 Å². The molecule has 1 heterocycles.